The lowest BCUT2D eigenvalue weighted by molar-refractivity contribution is 0.194. The van der Waals surface area contributed by atoms with Gasteiger partial charge in [-0.2, -0.15) is 11.8 Å². The number of hydrogen-bond donors (Lipinski definition) is 1. The van der Waals surface area contributed by atoms with Gasteiger partial charge in [-0.1, -0.05) is 0 Å². The van der Waals surface area contributed by atoms with Gasteiger partial charge in [0, 0.05) is 19.3 Å². The van der Waals surface area contributed by atoms with Crippen molar-refractivity contribution in [3.05, 3.63) is 24.0 Å². The van der Waals surface area contributed by atoms with Crippen LogP contribution < -0.4 is 4.90 Å². The molecule has 1 unspecified atom stereocenters. The molecule has 0 aliphatic carbocycles. The van der Waals surface area contributed by atoms with E-state index in [1.54, 1.807) is 6.92 Å². The molecule has 0 saturated carbocycles. The van der Waals surface area contributed by atoms with E-state index in [2.05, 4.69) is 23.2 Å². The van der Waals surface area contributed by atoms with E-state index in [0.29, 0.717) is 0 Å². The maximum Gasteiger partial charge on any atom is 0.0931 e. The third-order valence-electron chi connectivity index (χ3n) is 2.27. The summed E-state index contributed by atoms with van der Waals surface area (Å²) in [6.45, 7) is 2.73. The van der Waals surface area contributed by atoms with Crippen molar-refractivity contribution >= 4 is 17.4 Å². The molecule has 0 saturated heterocycles. The van der Waals surface area contributed by atoms with Gasteiger partial charge in [0.05, 0.1) is 23.7 Å². The summed E-state index contributed by atoms with van der Waals surface area (Å²) in [4.78, 5) is 6.37. The van der Waals surface area contributed by atoms with Crippen LogP contribution in [0.4, 0.5) is 5.69 Å². The summed E-state index contributed by atoms with van der Waals surface area (Å²) < 4.78 is 0. The average molecular weight is 226 g/mol. The van der Waals surface area contributed by atoms with Crippen LogP contribution in [0.3, 0.4) is 0 Å². The normalized spacial score (nSPS) is 12.5. The molecule has 0 aromatic carbocycles. The quantitative estimate of drug-likeness (QED) is 0.832. The Balaban J connectivity index is 2.62. The van der Waals surface area contributed by atoms with Crippen LogP contribution in [0.1, 0.15) is 18.7 Å². The lowest BCUT2D eigenvalue weighted by atomic mass is 10.2. The van der Waals surface area contributed by atoms with Gasteiger partial charge >= 0.3 is 0 Å². The number of hydrogen-bond acceptors (Lipinski definition) is 4. The lowest BCUT2D eigenvalue weighted by Gasteiger charge is -2.18. The summed E-state index contributed by atoms with van der Waals surface area (Å²) in [6.07, 6.45) is 3.42. The van der Waals surface area contributed by atoms with Crippen molar-refractivity contribution in [2.45, 2.75) is 13.0 Å². The zero-order chi connectivity index (χ0) is 11.3. The molecule has 0 bridgehead atoms. The predicted octanol–water partition coefficient (Wildman–Crippen LogP) is 1.93. The molecule has 3 nitrogen and oxygen atoms in total. The SMILES string of the molecule is CSCCN(C)c1ccc(C(C)O)nc1. The average Bonchev–Trinajstić information content (AvgIpc) is 2.26. The molecule has 0 aliphatic rings. The molecule has 1 rings (SSSR count). The van der Waals surface area contributed by atoms with Gasteiger partial charge in [0.1, 0.15) is 0 Å². The molecule has 1 atom stereocenters. The summed E-state index contributed by atoms with van der Waals surface area (Å²) >= 11 is 1.83. The van der Waals surface area contributed by atoms with Crippen molar-refractivity contribution in [3.8, 4) is 0 Å². The van der Waals surface area contributed by atoms with Crippen LogP contribution in [-0.4, -0.2) is 35.7 Å². The van der Waals surface area contributed by atoms with Crippen molar-refractivity contribution in [2.24, 2.45) is 0 Å². The van der Waals surface area contributed by atoms with Crippen LogP contribution >= 0.6 is 11.8 Å². The van der Waals surface area contributed by atoms with E-state index in [4.69, 9.17) is 0 Å². The second kappa shape index (κ2) is 5.98. The number of pyridine rings is 1. The van der Waals surface area contributed by atoms with Crippen molar-refractivity contribution in [2.75, 3.05) is 30.5 Å². The van der Waals surface area contributed by atoms with Crippen LogP contribution in [0, 0.1) is 0 Å². The zero-order valence-electron chi connectivity index (χ0n) is 9.47. The van der Waals surface area contributed by atoms with E-state index in [1.807, 2.05) is 30.1 Å². The fourth-order valence-electron chi connectivity index (χ4n) is 1.23. The smallest absolute Gasteiger partial charge is 0.0931 e. The number of aliphatic hydroxyl groups excluding tert-OH is 1. The minimum absolute atomic E-state index is 0.490. The predicted molar refractivity (Wildman–Crippen MR) is 66.5 cm³/mol. The van der Waals surface area contributed by atoms with Gasteiger partial charge < -0.3 is 10.0 Å². The molecule has 1 aromatic heterocycles. The number of aromatic nitrogens is 1. The number of anilines is 1. The first kappa shape index (κ1) is 12.3. The monoisotopic (exact) mass is 226 g/mol. The molecule has 1 aromatic rings. The molecule has 1 heterocycles. The van der Waals surface area contributed by atoms with Crippen LogP contribution in [-0.2, 0) is 0 Å². The Morgan fingerprint density at radius 2 is 2.27 bits per heavy atom. The van der Waals surface area contributed by atoms with Gasteiger partial charge in [-0.3, -0.25) is 4.98 Å². The van der Waals surface area contributed by atoms with Crippen molar-refractivity contribution < 1.29 is 5.11 Å². The van der Waals surface area contributed by atoms with E-state index < -0.39 is 6.10 Å². The van der Waals surface area contributed by atoms with E-state index in [9.17, 15) is 5.11 Å². The first-order valence-corrected chi connectivity index (χ1v) is 6.38. The highest BCUT2D eigenvalue weighted by Gasteiger charge is 2.04. The fraction of sp³-hybridized carbons (Fsp3) is 0.545. The minimum atomic E-state index is -0.490. The Morgan fingerprint density at radius 1 is 1.53 bits per heavy atom. The Hall–Kier alpha value is -0.740. The first-order valence-electron chi connectivity index (χ1n) is 4.99. The Bertz CT molecular complexity index is 287. The molecule has 84 valence electrons. The summed E-state index contributed by atoms with van der Waals surface area (Å²) in [5, 5.41) is 9.32. The first-order chi connectivity index (χ1) is 7.15. The Labute approximate surface area is 95.5 Å². The summed E-state index contributed by atoms with van der Waals surface area (Å²) in [5.74, 6) is 1.11. The molecular formula is C11H18N2OS. The minimum Gasteiger partial charge on any atom is -0.387 e. The highest BCUT2D eigenvalue weighted by atomic mass is 32.2. The summed E-state index contributed by atoms with van der Waals surface area (Å²) in [7, 11) is 2.05. The molecular weight excluding hydrogens is 208 g/mol. The van der Waals surface area contributed by atoms with Gasteiger partial charge in [0.2, 0.25) is 0 Å². The van der Waals surface area contributed by atoms with E-state index in [-0.39, 0.29) is 0 Å². The van der Waals surface area contributed by atoms with Crippen LogP contribution in [0.2, 0.25) is 0 Å². The van der Waals surface area contributed by atoms with Gasteiger partial charge in [-0.15, -0.1) is 0 Å². The van der Waals surface area contributed by atoms with E-state index >= 15 is 0 Å². The molecule has 1 N–H and O–H groups in total. The molecule has 0 radical (unpaired) electrons. The van der Waals surface area contributed by atoms with Gasteiger partial charge in [-0.25, -0.2) is 0 Å². The standard InChI is InChI=1S/C11H18N2OS/c1-9(14)11-5-4-10(8-12-11)13(2)6-7-15-3/h4-5,8-9,14H,6-7H2,1-3H3. The highest BCUT2D eigenvalue weighted by molar-refractivity contribution is 7.98. The third-order valence-corrected chi connectivity index (χ3v) is 2.86. The molecule has 0 aliphatic heterocycles. The molecule has 0 fully saturated rings. The maximum absolute atomic E-state index is 9.32. The highest BCUT2D eigenvalue weighted by Crippen LogP contribution is 2.15. The number of aliphatic hydroxyl groups is 1. The van der Waals surface area contributed by atoms with Gasteiger partial charge in [-0.05, 0) is 25.3 Å². The van der Waals surface area contributed by atoms with Crippen molar-refractivity contribution in [1.82, 2.24) is 4.98 Å². The topological polar surface area (TPSA) is 36.4 Å². The largest absolute Gasteiger partial charge is 0.387 e. The van der Waals surface area contributed by atoms with Gasteiger partial charge in [0.25, 0.3) is 0 Å². The maximum atomic E-state index is 9.32. The van der Waals surface area contributed by atoms with Crippen molar-refractivity contribution in [1.29, 1.82) is 0 Å². The lowest BCUT2D eigenvalue weighted by Crippen LogP contribution is -2.20. The van der Waals surface area contributed by atoms with E-state index in [0.717, 1.165) is 23.7 Å². The number of thioether (sulfide) groups is 1. The fourth-order valence-corrected chi connectivity index (χ4v) is 1.68. The van der Waals surface area contributed by atoms with Crippen LogP contribution in [0.15, 0.2) is 18.3 Å². The molecule has 4 heteroatoms. The van der Waals surface area contributed by atoms with Crippen molar-refractivity contribution in [3.63, 3.8) is 0 Å². The Morgan fingerprint density at radius 3 is 2.73 bits per heavy atom. The number of nitrogens with zero attached hydrogens (tertiary/aromatic N) is 2. The van der Waals surface area contributed by atoms with Crippen LogP contribution in [0.5, 0.6) is 0 Å². The third kappa shape index (κ3) is 3.72. The van der Waals surface area contributed by atoms with E-state index in [1.165, 1.54) is 0 Å². The van der Waals surface area contributed by atoms with Crippen LogP contribution in [0.25, 0.3) is 0 Å². The molecule has 15 heavy (non-hydrogen) atoms. The van der Waals surface area contributed by atoms with Gasteiger partial charge in [0.15, 0.2) is 0 Å². The Kier molecular flexibility index (Phi) is 4.91. The zero-order valence-corrected chi connectivity index (χ0v) is 10.3. The molecule has 0 spiro atoms. The number of rotatable bonds is 5. The summed E-state index contributed by atoms with van der Waals surface area (Å²) in [5.41, 5.74) is 1.81. The second-order valence-corrected chi connectivity index (χ2v) is 4.52. The summed E-state index contributed by atoms with van der Waals surface area (Å²) in [6, 6.07) is 3.87. The second-order valence-electron chi connectivity index (χ2n) is 3.53. The molecule has 0 amide bonds.